The van der Waals surface area contributed by atoms with Gasteiger partial charge in [0.25, 0.3) is 0 Å². The Morgan fingerprint density at radius 2 is 1.89 bits per heavy atom. The van der Waals surface area contributed by atoms with Crippen molar-refractivity contribution in [1.82, 2.24) is 0 Å². The van der Waals surface area contributed by atoms with Crippen LogP contribution in [0.25, 0.3) is 0 Å². The van der Waals surface area contributed by atoms with Crippen molar-refractivity contribution in [3.63, 3.8) is 0 Å². The number of nitrogens with zero attached hydrogens (tertiary/aromatic N) is 1. The van der Waals surface area contributed by atoms with Gasteiger partial charge in [-0.25, -0.2) is 0 Å². The molecule has 0 bridgehead atoms. The molecule has 1 aromatic carbocycles. The van der Waals surface area contributed by atoms with Gasteiger partial charge in [0.1, 0.15) is 0 Å². The molecule has 0 amide bonds. The molecule has 0 unspecified atom stereocenters. The van der Waals surface area contributed by atoms with Gasteiger partial charge in [-0.05, 0) is 117 Å². The highest BCUT2D eigenvalue weighted by molar-refractivity contribution is 5.38. The van der Waals surface area contributed by atoms with Gasteiger partial charge in [-0.1, -0.05) is 57.0 Å². The summed E-state index contributed by atoms with van der Waals surface area (Å²) in [4.78, 5) is 0. The molecule has 2 N–H and O–H groups in total. The Balaban J connectivity index is 1.24. The summed E-state index contributed by atoms with van der Waals surface area (Å²) in [5.74, 6) is 3.15. The Morgan fingerprint density at radius 3 is 2.66 bits per heavy atom. The number of hydrogen-bond donors (Lipinski definition) is 2. The second kappa shape index (κ2) is 9.35. The van der Waals surface area contributed by atoms with Gasteiger partial charge in [-0.2, -0.15) is 5.26 Å². The van der Waals surface area contributed by atoms with Gasteiger partial charge in [0, 0.05) is 0 Å². The largest absolute Gasteiger partial charge is 0.390 e. The molecule has 3 nitrogen and oxygen atoms in total. The van der Waals surface area contributed by atoms with Gasteiger partial charge in [0.2, 0.25) is 0 Å². The van der Waals surface area contributed by atoms with Crippen molar-refractivity contribution in [3.05, 3.63) is 47.0 Å². The number of allylic oxidation sites excluding steroid dienone is 1. The number of fused-ring (bicyclic) bond motifs is 5. The lowest BCUT2D eigenvalue weighted by molar-refractivity contribution is -0.0718. The first-order valence-corrected chi connectivity index (χ1v) is 14.3. The Morgan fingerprint density at radius 1 is 1.09 bits per heavy atom. The molecule has 0 radical (unpaired) electrons. The second-order valence-corrected chi connectivity index (χ2v) is 13.0. The summed E-state index contributed by atoms with van der Waals surface area (Å²) in [6.45, 7) is 7.26. The molecule has 3 saturated carbocycles. The van der Waals surface area contributed by atoms with Crippen LogP contribution in [0.3, 0.4) is 0 Å². The molecule has 4 aliphatic rings. The molecule has 35 heavy (non-hydrogen) atoms. The van der Waals surface area contributed by atoms with Crippen LogP contribution in [0, 0.1) is 45.8 Å². The summed E-state index contributed by atoms with van der Waals surface area (Å²) in [5, 5.41) is 31.2. The minimum absolute atomic E-state index is 0.294. The minimum atomic E-state index is -0.540. The van der Waals surface area contributed by atoms with Gasteiger partial charge in [-0.15, -0.1) is 0 Å². The van der Waals surface area contributed by atoms with E-state index in [1.165, 1.54) is 38.5 Å². The number of aliphatic hydroxyl groups is 2. The zero-order chi connectivity index (χ0) is 24.8. The fraction of sp³-hybridized carbons (Fsp3) is 0.719. The molecule has 3 fully saturated rings. The van der Waals surface area contributed by atoms with Gasteiger partial charge in [0.05, 0.1) is 23.3 Å². The van der Waals surface area contributed by atoms with Gasteiger partial charge in [-0.3, -0.25) is 0 Å². The minimum Gasteiger partial charge on any atom is -0.390 e. The molecule has 0 heterocycles. The topological polar surface area (TPSA) is 64.2 Å². The maximum atomic E-state index is 11.0. The first kappa shape index (κ1) is 25.0. The second-order valence-electron chi connectivity index (χ2n) is 13.0. The summed E-state index contributed by atoms with van der Waals surface area (Å²) in [6.07, 6.45) is 15.4. The number of nitriles is 1. The van der Waals surface area contributed by atoms with Gasteiger partial charge in [0.15, 0.2) is 0 Å². The molecule has 4 aliphatic carbocycles. The summed E-state index contributed by atoms with van der Waals surface area (Å²) >= 11 is 0. The zero-order valence-corrected chi connectivity index (χ0v) is 22.1. The number of aliphatic hydroxyl groups excluding tert-OH is 1. The van der Waals surface area contributed by atoms with Crippen molar-refractivity contribution in [1.29, 1.82) is 5.26 Å². The van der Waals surface area contributed by atoms with Crippen LogP contribution in [-0.4, -0.2) is 15.8 Å². The van der Waals surface area contributed by atoms with Crippen molar-refractivity contribution >= 4 is 0 Å². The third kappa shape index (κ3) is 4.19. The summed E-state index contributed by atoms with van der Waals surface area (Å²) in [6, 6.07) is 9.72. The zero-order valence-electron chi connectivity index (χ0n) is 22.1. The van der Waals surface area contributed by atoms with Crippen LogP contribution in [0.2, 0.25) is 0 Å². The van der Waals surface area contributed by atoms with E-state index in [0.29, 0.717) is 16.4 Å². The first-order valence-electron chi connectivity index (χ1n) is 14.3. The lowest BCUT2D eigenvalue weighted by atomic mass is 9.46. The van der Waals surface area contributed by atoms with E-state index in [9.17, 15) is 15.5 Å². The van der Waals surface area contributed by atoms with E-state index in [0.717, 1.165) is 67.8 Å². The van der Waals surface area contributed by atoms with Gasteiger partial charge >= 0.3 is 0 Å². The first-order chi connectivity index (χ1) is 16.7. The fourth-order valence-electron chi connectivity index (χ4n) is 9.20. The fourth-order valence-corrected chi connectivity index (χ4v) is 9.20. The molecular weight excluding hydrogens is 430 g/mol. The molecule has 1 aromatic rings. The lowest BCUT2D eigenvalue weighted by Gasteiger charge is -2.59. The van der Waals surface area contributed by atoms with Gasteiger partial charge < -0.3 is 10.2 Å². The van der Waals surface area contributed by atoms with Crippen LogP contribution in [0.5, 0.6) is 0 Å². The summed E-state index contributed by atoms with van der Waals surface area (Å²) < 4.78 is 0. The Kier molecular flexibility index (Phi) is 6.69. The Labute approximate surface area is 212 Å². The third-order valence-electron chi connectivity index (χ3n) is 11.6. The van der Waals surface area contributed by atoms with Crippen LogP contribution >= 0.6 is 0 Å². The highest BCUT2D eigenvalue weighted by Gasteiger charge is 2.59. The van der Waals surface area contributed by atoms with Crippen LogP contribution < -0.4 is 0 Å². The molecule has 0 saturated heterocycles. The molecule has 3 heteroatoms. The Bertz CT molecular complexity index is 1010. The summed E-state index contributed by atoms with van der Waals surface area (Å²) in [5.41, 5.74) is 3.20. The number of hydrogen-bond acceptors (Lipinski definition) is 3. The van der Waals surface area contributed by atoms with E-state index >= 15 is 0 Å². The predicted molar refractivity (Wildman–Crippen MR) is 140 cm³/mol. The summed E-state index contributed by atoms with van der Waals surface area (Å²) in [7, 11) is 0. The quantitative estimate of drug-likeness (QED) is 0.419. The highest BCUT2D eigenvalue weighted by Crippen LogP contribution is 2.67. The highest BCUT2D eigenvalue weighted by atomic mass is 16.3. The molecule has 0 aliphatic heterocycles. The Hall–Kier alpha value is -1.63. The van der Waals surface area contributed by atoms with E-state index in [1.807, 2.05) is 18.2 Å². The maximum Gasteiger partial charge on any atom is 0.0995 e. The smallest absolute Gasteiger partial charge is 0.0995 e. The van der Waals surface area contributed by atoms with E-state index in [4.69, 9.17) is 0 Å². The molecule has 8 atom stereocenters. The van der Waals surface area contributed by atoms with E-state index in [-0.39, 0.29) is 0 Å². The monoisotopic (exact) mass is 475 g/mol. The molecule has 5 rings (SSSR count). The molecular formula is C32H45NO2. The van der Waals surface area contributed by atoms with Crippen molar-refractivity contribution in [2.24, 2.45) is 34.5 Å². The number of rotatable bonds is 6. The third-order valence-corrected chi connectivity index (χ3v) is 11.6. The molecule has 190 valence electrons. The van der Waals surface area contributed by atoms with E-state index < -0.39 is 11.7 Å². The maximum absolute atomic E-state index is 11.0. The van der Waals surface area contributed by atoms with Crippen LogP contribution in [0.1, 0.15) is 115 Å². The van der Waals surface area contributed by atoms with Crippen molar-refractivity contribution < 1.29 is 10.2 Å². The molecule has 0 aromatic heterocycles. The van der Waals surface area contributed by atoms with Crippen LogP contribution in [0.15, 0.2) is 35.9 Å². The predicted octanol–water partition coefficient (Wildman–Crippen LogP) is 7.48. The van der Waals surface area contributed by atoms with Crippen molar-refractivity contribution in [2.75, 3.05) is 0 Å². The standard InChI is InChI=1S/C32H45NO2/c1-4-32(35)19-18-31(3)24(20-32)12-14-26-27-15-13-23(30(27,2)17-16-28(26)31)9-7-11-29(34)25-10-6-5-8-22(25)21-33/h5-6,8,10,12,23,26-29,34-35H,4,7,9,11,13-20H2,1-3H3/t23-,26-,27-,28-,29-,30+,31-,32-/m0/s1. The normalized spacial score (nSPS) is 41.2. The molecule has 0 spiro atoms. The van der Waals surface area contributed by atoms with Crippen LogP contribution in [0.4, 0.5) is 0 Å². The number of benzene rings is 1. The SMILES string of the molecule is CC[C@]1(O)CC[C@@]2(C)C(=CC[C@H]3[C@@H]4CC[C@H](CCC[C@H](O)c5ccccc5C#N)[C@@]4(C)CC[C@@H]32)C1. The van der Waals surface area contributed by atoms with Crippen LogP contribution in [-0.2, 0) is 0 Å². The average molecular weight is 476 g/mol. The van der Waals surface area contributed by atoms with E-state index in [2.05, 4.69) is 32.9 Å². The average Bonchev–Trinajstić information content (AvgIpc) is 3.20. The van der Waals surface area contributed by atoms with Crippen molar-refractivity contribution in [2.45, 2.75) is 110 Å². The van der Waals surface area contributed by atoms with Crippen molar-refractivity contribution in [3.8, 4) is 6.07 Å². The lowest BCUT2D eigenvalue weighted by Crippen LogP contribution is -2.52. The van der Waals surface area contributed by atoms with E-state index in [1.54, 1.807) is 11.6 Å².